The second-order valence-electron chi connectivity index (χ2n) is 8.46. The van der Waals surface area contributed by atoms with Crippen LogP contribution in [0.1, 0.15) is 28.4 Å². The summed E-state index contributed by atoms with van der Waals surface area (Å²) in [5.74, 6) is -0.773. The molecule has 0 aliphatic heterocycles. The number of ether oxygens (including phenoxy) is 1. The molecule has 0 saturated heterocycles. The maximum atomic E-state index is 13.4. The van der Waals surface area contributed by atoms with E-state index in [1.807, 2.05) is 37.3 Å². The van der Waals surface area contributed by atoms with Gasteiger partial charge in [-0.25, -0.2) is 14.4 Å². The van der Waals surface area contributed by atoms with Crippen LogP contribution in [0.25, 0.3) is 26.9 Å². The van der Waals surface area contributed by atoms with Crippen molar-refractivity contribution in [2.75, 3.05) is 6.61 Å². The third-order valence-electron chi connectivity index (χ3n) is 6.15. The summed E-state index contributed by atoms with van der Waals surface area (Å²) in [6, 6.07) is 23.5. The molecule has 3 aromatic carbocycles. The van der Waals surface area contributed by atoms with Crippen molar-refractivity contribution in [3.05, 3.63) is 111 Å². The van der Waals surface area contributed by atoms with Gasteiger partial charge in [-0.3, -0.25) is 4.79 Å². The fourth-order valence-corrected chi connectivity index (χ4v) is 5.73. The Morgan fingerprint density at radius 2 is 1.68 bits per heavy atom. The molecule has 38 heavy (non-hydrogen) atoms. The minimum absolute atomic E-state index is 0.228. The lowest BCUT2D eigenvalue weighted by atomic mass is 10.1. The summed E-state index contributed by atoms with van der Waals surface area (Å²) in [4.78, 5) is 31.9. The Bertz CT molecular complexity index is 1760. The fraction of sp³-hybridized carbons (Fsp3) is 0.100. The Morgan fingerprint density at radius 1 is 1.03 bits per heavy atom. The summed E-state index contributed by atoms with van der Waals surface area (Å²) in [5, 5.41) is 13.0. The highest BCUT2D eigenvalue weighted by atomic mass is 35.5. The van der Waals surface area contributed by atoms with Gasteiger partial charge < -0.3 is 9.84 Å². The van der Waals surface area contributed by atoms with Crippen LogP contribution in [-0.2, 0) is 4.74 Å². The van der Waals surface area contributed by atoms with E-state index in [1.165, 1.54) is 22.1 Å². The van der Waals surface area contributed by atoms with Gasteiger partial charge in [-0.15, -0.1) is 11.3 Å². The second kappa shape index (κ2) is 10.7. The first-order valence-corrected chi connectivity index (χ1v) is 13.1. The van der Waals surface area contributed by atoms with Crippen LogP contribution in [0.2, 0.25) is 5.02 Å². The lowest BCUT2D eigenvalue weighted by Gasteiger charge is -2.14. The SMILES string of the molecule is CCOC(=O)c1c(/N=C/c2c(O)n(-c3ccccc3Cl)c(=O)c3ccccc23)sc(-c2ccccc2)c1C. The van der Waals surface area contributed by atoms with E-state index in [0.29, 0.717) is 37.6 Å². The summed E-state index contributed by atoms with van der Waals surface area (Å²) in [6.45, 7) is 3.85. The Kier molecular flexibility index (Phi) is 7.13. The van der Waals surface area contributed by atoms with Gasteiger partial charge in [-0.1, -0.05) is 72.3 Å². The number of hydrogen-bond acceptors (Lipinski definition) is 6. The Balaban J connectivity index is 1.73. The van der Waals surface area contributed by atoms with Gasteiger partial charge in [0.2, 0.25) is 5.88 Å². The van der Waals surface area contributed by atoms with Gasteiger partial charge in [0, 0.05) is 21.9 Å². The number of fused-ring (bicyclic) bond motifs is 1. The van der Waals surface area contributed by atoms with Crippen molar-refractivity contribution in [3.8, 4) is 22.0 Å². The Morgan fingerprint density at radius 3 is 2.39 bits per heavy atom. The maximum absolute atomic E-state index is 13.4. The number of nitrogens with zero attached hydrogens (tertiary/aromatic N) is 2. The molecule has 1 N–H and O–H groups in total. The highest BCUT2D eigenvalue weighted by Crippen LogP contribution is 2.42. The van der Waals surface area contributed by atoms with Gasteiger partial charge in [0.15, 0.2) is 0 Å². The van der Waals surface area contributed by atoms with Gasteiger partial charge in [-0.05, 0) is 43.2 Å². The average molecular weight is 543 g/mol. The van der Waals surface area contributed by atoms with Crippen molar-refractivity contribution < 1.29 is 14.6 Å². The van der Waals surface area contributed by atoms with Crippen molar-refractivity contribution in [1.82, 2.24) is 4.57 Å². The lowest BCUT2D eigenvalue weighted by Crippen LogP contribution is -2.20. The zero-order valence-corrected chi connectivity index (χ0v) is 22.2. The van der Waals surface area contributed by atoms with Crippen LogP contribution < -0.4 is 5.56 Å². The molecule has 5 rings (SSSR count). The molecular weight excluding hydrogens is 520 g/mol. The maximum Gasteiger partial charge on any atom is 0.341 e. The first kappa shape index (κ1) is 25.4. The third-order valence-corrected chi connectivity index (χ3v) is 7.72. The number of pyridine rings is 1. The predicted molar refractivity (Wildman–Crippen MR) is 154 cm³/mol. The van der Waals surface area contributed by atoms with E-state index in [4.69, 9.17) is 16.3 Å². The number of rotatable bonds is 6. The monoisotopic (exact) mass is 542 g/mol. The van der Waals surface area contributed by atoms with Gasteiger partial charge in [0.1, 0.15) is 5.00 Å². The highest BCUT2D eigenvalue weighted by molar-refractivity contribution is 7.19. The summed E-state index contributed by atoms with van der Waals surface area (Å²) in [6.07, 6.45) is 1.48. The number of hydrogen-bond donors (Lipinski definition) is 1. The van der Waals surface area contributed by atoms with Crippen LogP contribution >= 0.6 is 22.9 Å². The zero-order chi connectivity index (χ0) is 26.8. The molecule has 5 aromatic rings. The van der Waals surface area contributed by atoms with Crippen LogP contribution in [0.5, 0.6) is 5.88 Å². The summed E-state index contributed by atoms with van der Waals surface area (Å²) in [5.41, 5.74) is 2.36. The number of carbonyl (C=O) groups is 1. The molecule has 2 aromatic heterocycles. The fourth-order valence-electron chi connectivity index (χ4n) is 4.37. The summed E-state index contributed by atoms with van der Waals surface area (Å²) < 4.78 is 6.51. The van der Waals surface area contributed by atoms with Crippen molar-refractivity contribution in [2.24, 2.45) is 4.99 Å². The number of benzene rings is 3. The van der Waals surface area contributed by atoms with Crippen LogP contribution in [0, 0.1) is 6.92 Å². The molecule has 6 nitrogen and oxygen atoms in total. The molecular formula is C30H23ClN2O4S. The highest BCUT2D eigenvalue weighted by Gasteiger charge is 2.23. The number of aromatic hydroxyl groups is 1. The molecule has 190 valence electrons. The minimum Gasteiger partial charge on any atom is -0.494 e. The van der Waals surface area contributed by atoms with Crippen LogP contribution in [0.15, 0.2) is 88.6 Å². The van der Waals surface area contributed by atoms with Gasteiger partial charge >= 0.3 is 5.97 Å². The van der Waals surface area contributed by atoms with Gasteiger partial charge in [0.25, 0.3) is 5.56 Å². The molecule has 0 fully saturated rings. The normalized spacial score (nSPS) is 11.3. The van der Waals surface area contributed by atoms with Crippen LogP contribution in [0.4, 0.5) is 5.00 Å². The van der Waals surface area contributed by atoms with E-state index >= 15 is 0 Å². The Labute approximate surface area is 228 Å². The number of para-hydroxylation sites is 1. The van der Waals surface area contributed by atoms with E-state index in [1.54, 1.807) is 55.5 Å². The Hall–Kier alpha value is -4.20. The van der Waals surface area contributed by atoms with Crippen molar-refractivity contribution in [2.45, 2.75) is 13.8 Å². The molecule has 0 spiro atoms. The molecule has 0 saturated carbocycles. The molecule has 0 unspecified atom stereocenters. The van der Waals surface area contributed by atoms with E-state index in [2.05, 4.69) is 4.99 Å². The smallest absolute Gasteiger partial charge is 0.341 e. The molecule has 0 radical (unpaired) electrons. The first-order chi connectivity index (χ1) is 18.4. The van der Waals surface area contributed by atoms with E-state index in [9.17, 15) is 14.7 Å². The second-order valence-corrected chi connectivity index (χ2v) is 9.86. The number of carbonyl (C=O) groups excluding carboxylic acids is 1. The largest absolute Gasteiger partial charge is 0.494 e. The lowest BCUT2D eigenvalue weighted by molar-refractivity contribution is 0.0527. The molecule has 0 bridgehead atoms. The van der Waals surface area contributed by atoms with Crippen molar-refractivity contribution in [3.63, 3.8) is 0 Å². The average Bonchev–Trinajstić information content (AvgIpc) is 3.26. The number of esters is 1. The van der Waals surface area contributed by atoms with E-state index in [0.717, 1.165) is 16.0 Å². The topological polar surface area (TPSA) is 80.9 Å². The predicted octanol–water partition coefficient (Wildman–Crippen LogP) is 7.31. The molecule has 0 aliphatic carbocycles. The number of halogens is 1. The van der Waals surface area contributed by atoms with Crippen molar-refractivity contribution in [1.29, 1.82) is 0 Å². The molecule has 8 heteroatoms. The minimum atomic E-state index is -0.467. The van der Waals surface area contributed by atoms with Gasteiger partial charge in [-0.2, -0.15) is 0 Å². The molecule has 2 heterocycles. The number of thiophene rings is 1. The zero-order valence-electron chi connectivity index (χ0n) is 20.6. The van der Waals surface area contributed by atoms with Gasteiger partial charge in [0.05, 0.1) is 28.4 Å². The summed E-state index contributed by atoms with van der Waals surface area (Å²) >= 11 is 7.75. The molecule has 0 atom stereocenters. The van der Waals surface area contributed by atoms with Crippen LogP contribution in [-0.4, -0.2) is 28.5 Å². The van der Waals surface area contributed by atoms with E-state index in [-0.39, 0.29) is 12.5 Å². The van der Waals surface area contributed by atoms with Crippen LogP contribution in [0.3, 0.4) is 0 Å². The number of aromatic nitrogens is 1. The standard InChI is InChI=1S/C30H23ClN2O4S/c1-3-37-30(36)25-18(2)26(19-11-5-4-6-12-19)38-27(25)32-17-22-20-13-7-8-14-21(20)28(34)33(29(22)35)24-16-10-9-15-23(24)31/h4-17,35H,3H2,1-2H3/b32-17+. The quantitative estimate of drug-likeness (QED) is 0.180. The summed E-state index contributed by atoms with van der Waals surface area (Å²) in [7, 11) is 0. The van der Waals surface area contributed by atoms with E-state index < -0.39 is 11.5 Å². The molecule has 0 amide bonds. The molecule has 0 aliphatic rings. The third kappa shape index (κ3) is 4.51. The first-order valence-electron chi connectivity index (χ1n) is 11.9. The van der Waals surface area contributed by atoms with Crippen molar-refractivity contribution >= 4 is 50.9 Å². The number of aliphatic imine (C=N–C) groups is 1.